The van der Waals surface area contributed by atoms with E-state index in [1.807, 2.05) is 0 Å². The number of carbonyl (C=O) groups is 1. The van der Waals surface area contributed by atoms with Gasteiger partial charge in [0.05, 0.1) is 5.56 Å². The van der Waals surface area contributed by atoms with Crippen molar-refractivity contribution in [2.75, 3.05) is 13.2 Å². The maximum Gasteiger partial charge on any atom is 0.252 e. The van der Waals surface area contributed by atoms with Crippen LogP contribution in [0.5, 0.6) is 0 Å². The first-order valence-electron chi connectivity index (χ1n) is 5.96. The van der Waals surface area contributed by atoms with Crippen molar-refractivity contribution in [2.45, 2.75) is 19.8 Å². The molecule has 0 radical (unpaired) electrons. The van der Waals surface area contributed by atoms with Gasteiger partial charge in [-0.2, -0.15) is 0 Å². The molecule has 0 aliphatic heterocycles. The summed E-state index contributed by atoms with van der Waals surface area (Å²) in [6.07, 6.45) is 5.44. The standard InChI is InChI=1S/C14H16N2O2/c1-14(4-5-14)10-16-13(18)12-7-11(3-2-6-17)8-15-9-12/h7-9,17H,4-6,10H2,1H3,(H,16,18). The van der Waals surface area contributed by atoms with E-state index in [9.17, 15) is 4.79 Å². The van der Waals surface area contributed by atoms with Crippen LogP contribution in [0.25, 0.3) is 0 Å². The van der Waals surface area contributed by atoms with Crippen LogP contribution in [0.2, 0.25) is 0 Å². The molecule has 18 heavy (non-hydrogen) atoms. The molecule has 0 spiro atoms. The van der Waals surface area contributed by atoms with E-state index in [1.165, 1.54) is 19.0 Å². The van der Waals surface area contributed by atoms with E-state index in [4.69, 9.17) is 5.11 Å². The highest BCUT2D eigenvalue weighted by molar-refractivity contribution is 5.94. The van der Waals surface area contributed by atoms with Gasteiger partial charge in [-0.15, -0.1) is 0 Å². The summed E-state index contributed by atoms with van der Waals surface area (Å²) >= 11 is 0. The number of aliphatic hydroxyl groups is 1. The van der Waals surface area contributed by atoms with Crippen molar-refractivity contribution in [3.05, 3.63) is 29.6 Å². The van der Waals surface area contributed by atoms with Gasteiger partial charge in [0.25, 0.3) is 5.91 Å². The maximum absolute atomic E-state index is 11.9. The van der Waals surface area contributed by atoms with E-state index in [0.29, 0.717) is 17.7 Å². The molecule has 1 amide bonds. The summed E-state index contributed by atoms with van der Waals surface area (Å²) in [6.45, 7) is 2.67. The van der Waals surface area contributed by atoms with Crippen molar-refractivity contribution >= 4 is 5.91 Å². The number of aliphatic hydroxyl groups excluding tert-OH is 1. The molecule has 1 aliphatic rings. The van der Waals surface area contributed by atoms with Gasteiger partial charge >= 0.3 is 0 Å². The zero-order chi connectivity index (χ0) is 13.0. The van der Waals surface area contributed by atoms with Gasteiger partial charge in [-0.3, -0.25) is 9.78 Å². The molecule has 4 nitrogen and oxygen atoms in total. The lowest BCUT2D eigenvalue weighted by Gasteiger charge is -2.09. The van der Waals surface area contributed by atoms with Gasteiger partial charge in [0.1, 0.15) is 6.61 Å². The second-order valence-corrected chi connectivity index (χ2v) is 4.92. The number of aromatic nitrogens is 1. The molecule has 4 heteroatoms. The van der Waals surface area contributed by atoms with E-state index in [0.717, 1.165) is 0 Å². The summed E-state index contributed by atoms with van der Waals surface area (Å²) in [5.41, 5.74) is 1.43. The van der Waals surface area contributed by atoms with Gasteiger partial charge in [-0.25, -0.2) is 0 Å². The van der Waals surface area contributed by atoms with Crippen molar-refractivity contribution in [3.8, 4) is 11.8 Å². The van der Waals surface area contributed by atoms with Gasteiger partial charge < -0.3 is 10.4 Å². The molecule has 2 rings (SSSR count). The van der Waals surface area contributed by atoms with Gasteiger partial charge in [-0.05, 0) is 24.3 Å². The molecule has 0 aromatic carbocycles. The SMILES string of the molecule is CC1(CNC(=O)c2cncc(C#CCO)c2)CC1. The van der Waals surface area contributed by atoms with Gasteiger partial charge in [0.2, 0.25) is 0 Å². The van der Waals surface area contributed by atoms with Crippen molar-refractivity contribution in [2.24, 2.45) is 5.41 Å². The Hall–Kier alpha value is -1.86. The Morgan fingerprint density at radius 1 is 1.56 bits per heavy atom. The minimum atomic E-state index is -0.200. The second kappa shape index (κ2) is 5.19. The Bertz CT molecular complexity index is 510. The molecular weight excluding hydrogens is 228 g/mol. The van der Waals surface area contributed by atoms with Crippen LogP contribution in [0.4, 0.5) is 0 Å². The summed E-state index contributed by atoms with van der Waals surface area (Å²) in [6, 6.07) is 1.68. The van der Waals surface area contributed by atoms with Crippen molar-refractivity contribution < 1.29 is 9.90 Å². The average molecular weight is 244 g/mol. The molecule has 1 aromatic heterocycles. The predicted octanol–water partition coefficient (Wildman–Crippen LogP) is 0.955. The first-order valence-corrected chi connectivity index (χ1v) is 5.96. The number of amides is 1. The summed E-state index contributed by atoms with van der Waals surface area (Å²) in [7, 11) is 0. The minimum Gasteiger partial charge on any atom is -0.384 e. The molecular formula is C14H16N2O2. The molecule has 0 bridgehead atoms. The number of hydrogen-bond donors (Lipinski definition) is 2. The van der Waals surface area contributed by atoms with Crippen LogP contribution in [0, 0.1) is 17.3 Å². The fraction of sp³-hybridized carbons (Fsp3) is 0.429. The second-order valence-electron chi connectivity index (χ2n) is 4.92. The molecule has 2 N–H and O–H groups in total. The third kappa shape index (κ3) is 3.31. The quantitative estimate of drug-likeness (QED) is 0.778. The smallest absolute Gasteiger partial charge is 0.252 e. The zero-order valence-electron chi connectivity index (χ0n) is 10.4. The molecule has 0 saturated heterocycles. The van der Waals surface area contributed by atoms with Crippen molar-refractivity contribution in [3.63, 3.8) is 0 Å². The van der Waals surface area contributed by atoms with Crippen LogP contribution in [0.15, 0.2) is 18.5 Å². The van der Waals surface area contributed by atoms with Crippen LogP contribution in [0.3, 0.4) is 0 Å². The lowest BCUT2D eigenvalue weighted by molar-refractivity contribution is 0.0945. The molecule has 1 heterocycles. The number of hydrogen-bond acceptors (Lipinski definition) is 3. The van der Waals surface area contributed by atoms with E-state index >= 15 is 0 Å². The number of carbonyl (C=O) groups excluding carboxylic acids is 1. The maximum atomic E-state index is 11.9. The highest BCUT2D eigenvalue weighted by atomic mass is 16.2. The Balaban J connectivity index is 2.00. The van der Waals surface area contributed by atoms with E-state index in [1.54, 1.807) is 12.3 Å². The Labute approximate surface area is 106 Å². The van der Waals surface area contributed by atoms with Gasteiger partial charge in [-0.1, -0.05) is 18.8 Å². The van der Waals surface area contributed by atoms with Crippen LogP contribution in [-0.4, -0.2) is 29.1 Å². The Morgan fingerprint density at radius 3 is 3.00 bits per heavy atom. The topological polar surface area (TPSA) is 62.2 Å². The molecule has 1 fully saturated rings. The fourth-order valence-electron chi connectivity index (χ4n) is 1.56. The monoisotopic (exact) mass is 244 g/mol. The third-order valence-corrected chi connectivity index (χ3v) is 3.09. The van der Waals surface area contributed by atoms with Crippen LogP contribution >= 0.6 is 0 Å². The minimum absolute atomic E-state index is 0.122. The average Bonchev–Trinajstić information content (AvgIpc) is 3.12. The highest BCUT2D eigenvalue weighted by Gasteiger charge is 2.37. The molecule has 1 saturated carbocycles. The first-order chi connectivity index (χ1) is 8.63. The van der Waals surface area contributed by atoms with Crippen molar-refractivity contribution in [1.82, 2.24) is 10.3 Å². The summed E-state index contributed by atoms with van der Waals surface area (Å²) in [5.74, 6) is 5.14. The lowest BCUT2D eigenvalue weighted by atomic mass is 10.1. The fourth-order valence-corrected chi connectivity index (χ4v) is 1.56. The zero-order valence-corrected chi connectivity index (χ0v) is 10.4. The largest absolute Gasteiger partial charge is 0.384 e. The molecule has 0 unspecified atom stereocenters. The van der Waals surface area contributed by atoms with Crippen LogP contribution < -0.4 is 5.32 Å². The predicted molar refractivity (Wildman–Crippen MR) is 67.9 cm³/mol. The van der Waals surface area contributed by atoms with Crippen molar-refractivity contribution in [1.29, 1.82) is 0 Å². The molecule has 1 aromatic rings. The lowest BCUT2D eigenvalue weighted by Crippen LogP contribution is -2.29. The molecule has 94 valence electrons. The number of nitrogens with zero attached hydrogens (tertiary/aromatic N) is 1. The summed E-state index contributed by atoms with van der Waals surface area (Å²) < 4.78 is 0. The number of rotatable bonds is 3. The number of pyridine rings is 1. The summed E-state index contributed by atoms with van der Waals surface area (Å²) in [4.78, 5) is 15.9. The highest BCUT2D eigenvalue weighted by Crippen LogP contribution is 2.44. The third-order valence-electron chi connectivity index (χ3n) is 3.09. The van der Waals surface area contributed by atoms with Gasteiger partial charge in [0.15, 0.2) is 0 Å². The molecule has 1 aliphatic carbocycles. The summed E-state index contributed by atoms with van der Waals surface area (Å²) in [5, 5.41) is 11.5. The first kappa shape index (κ1) is 12.6. The van der Waals surface area contributed by atoms with E-state index < -0.39 is 0 Å². The van der Waals surface area contributed by atoms with Crippen LogP contribution in [0.1, 0.15) is 35.7 Å². The van der Waals surface area contributed by atoms with E-state index in [2.05, 4.69) is 29.1 Å². The Morgan fingerprint density at radius 2 is 2.33 bits per heavy atom. The number of nitrogens with one attached hydrogen (secondary N) is 1. The molecule has 0 atom stereocenters. The van der Waals surface area contributed by atoms with E-state index in [-0.39, 0.29) is 17.9 Å². The van der Waals surface area contributed by atoms with Crippen LogP contribution in [-0.2, 0) is 0 Å². The van der Waals surface area contributed by atoms with Gasteiger partial charge in [0, 0.05) is 24.5 Å². The Kier molecular flexibility index (Phi) is 3.63. The normalized spacial score (nSPS) is 15.4.